The quantitative estimate of drug-likeness (QED) is 0.657. The monoisotopic (exact) mass is 377 g/mol. The summed E-state index contributed by atoms with van der Waals surface area (Å²) in [7, 11) is 0. The molecule has 0 bridgehead atoms. The van der Waals surface area contributed by atoms with E-state index in [0.29, 0.717) is 32.0 Å². The molecule has 0 fully saturated rings. The number of para-hydroxylation sites is 1. The standard InChI is InChI=1S/C17H13Cl2N3OS/c1-10-15(16(24)20-11-7-8-13(18)14(19)9-11)17(23)22(21-10)12-5-3-2-4-6-12/h2-9,21H,1H3,(H,20,24). The van der Waals surface area contributed by atoms with Crippen molar-refractivity contribution in [3.05, 3.63) is 80.2 Å². The van der Waals surface area contributed by atoms with Gasteiger partial charge in [-0.15, -0.1) is 0 Å². The minimum Gasteiger partial charge on any atom is -0.346 e. The van der Waals surface area contributed by atoms with Crippen molar-refractivity contribution >= 4 is 46.1 Å². The van der Waals surface area contributed by atoms with Gasteiger partial charge in [-0.1, -0.05) is 53.6 Å². The molecule has 0 atom stereocenters. The number of nitrogens with one attached hydrogen (secondary N) is 2. The van der Waals surface area contributed by atoms with Crippen molar-refractivity contribution in [2.45, 2.75) is 6.92 Å². The Morgan fingerprint density at radius 1 is 1.12 bits per heavy atom. The summed E-state index contributed by atoms with van der Waals surface area (Å²) in [6.07, 6.45) is 0. The van der Waals surface area contributed by atoms with Crippen LogP contribution in [0.4, 0.5) is 5.69 Å². The lowest BCUT2D eigenvalue weighted by Gasteiger charge is -2.07. The molecule has 3 aromatic rings. The van der Waals surface area contributed by atoms with Gasteiger partial charge in [0.1, 0.15) is 4.99 Å². The molecular formula is C17H13Cl2N3OS. The van der Waals surface area contributed by atoms with Gasteiger partial charge in [0, 0.05) is 11.4 Å². The largest absolute Gasteiger partial charge is 0.346 e. The number of anilines is 1. The first kappa shape index (κ1) is 16.8. The highest BCUT2D eigenvalue weighted by Gasteiger charge is 2.17. The molecule has 2 aromatic carbocycles. The summed E-state index contributed by atoms with van der Waals surface area (Å²) in [4.78, 5) is 13.0. The summed E-state index contributed by atoms with van der Waals surface area (Å²) >= 11 is 17.3. The van der Waals surface area contributed by atoms with Crippen LogP contribution in [0.15, 0.2) is 53.3 Å². The van der Waals surface area contributed by atoms with Crippen LogP contribution >= 0.6 is 35.4 Å². The molecular weight excluding hydrogens is 365 g/mol. The Balaban J connectivity index is 1.95. The molecule has 4 nitrogen and oxygen atoms in total. The second kappa shape index (κ2) is 6.81. The molecule has 7 heteroatoms. The van der Waals surface area contributed by atoms with E-state index in [4.69, 9.17) is 35.4 Å². The Labute approximate surface area is 154 Å². The molecule has 0 saturated carbocycles. The molecule has 0 amide bonds. The third-order valence-corrected chi connectivity index (χ3v) is 4.54. The van der Waals surface area contributed by atoms with Crippen LogP contribution in [0, 0.1) is 6.92 Å². The zero-order chi connectivity index (χ0) is 17.3. The molecule has 24 heavy (non-hydrogen) atoms. The number of aromatic nitrogens is 2. The Morgan fingerprint density at radius 3 is 2.50 bits per heavy atom. The van der Waals surface area contributed by atoms with Crippen LogP contribution in [0.25, 0.3) is 5.69 Å². The zero-order valence-electron chi connectivity index (χ0n) is 12.6. The lowest BCUT2D eigenvalue weighted by atomic mass is 10.2. The van der Waals surface area contributed by atoms with E-state index in [-0.39, 0.29) is 5.56 Å². The number of aryl methyl sites for hydroxylation is 1. The fourth-order valence-corrected chi connectivity index (χ4v) is 3.00. The Kier molecular flexibility index (Phi) is 4.76. The Hall–Kier alpha value is -2.08. The van der Waals surface area contributed by atoms with Crippen LogP contribution in [-0.2, 0) is 0 Å². The highest BCUT2D eigenvalue weighted by molar-refractivity contribution is 7.81. The second-order valence-electron chi connectivity index (χ2n) is 5.17. The van der Waals surface area contributed by atoms with Crippen LogP contribution in [0.3, 0.4) is 0 Å². The first-order valence-corrected chi connectivity index (χ1v) is 8.27. The lowest BCUT2D eigenvalue weighted by molar-refractivity contribution is 0.835. The molecule has 0 aliphatic heterocycles. The van der Waals surface area contributed by atoms with Crippen molar-refractivity contribution < 1.29 is 0 Å². The van der Waals surface area contributed by atoms with Crippen LogP contribution in [-0.4, -0.2) is 14.8 Å². The van der Waals surface area contributed by atoms with Crippen molar-refractivity contribution in [3.8, 4) is 5.69 Å². The summed E-state index contributed by atoms with van der Waals surface area (Å²) in [5, 5.41) is 6.94. The van der Waals surface area contributed by atoms with Gasteiger partial charge in [-0.05, 0) is 37.3 Å². The van der Waals surface area contributed by atoms with Gasteiger partial charge in [0.05, 0.1) is 21.3 Å². The van der Waals surface area contributed by atoms with Gasteiger partial charge in [-0.3, -0.25) is 9.89 Å². The third-order valence-electron chi connectivity index (χ3n) is 3.49. The lowest BCUT2D eigenvalue weighted by Crippen LogP contribution is -2.23. The number of H-pyrrole nitrogens is 1. The van der Waals surface area contributed by atoms with Crippen LogP contribution < -0.4 is 10.9 Å². The first-order chi connectivity index (χ1) is 11.5. The average Bonchev–Trinajstić information content (AvgIpc) is 2.86. The van der Waals surface area contributed by atoms with Crippen molar-refractivity contribution in [3.63, 3.8) is 0 Å². The van der Waals surface area contributed by atoms with Gasteiger partial charge >= 0.3 is 0 Å². The van der Waals surface area contributed by atoms with E-state index in [1.807, 2.05) is 30.3 Å². The van der Waals surface area contributed by atoms with Crippen LogP contribution in [0.2, 0.25) is 10.0 Å². The van der Waals surface area contributed by atoms with Gasteiger partial charge in [0.25, 0.3) is 5.56 Å². The average molecular weight is 378 g/mol. The summed E-state index contributed by atoms with van der Waals surface area (Å²) in [5.41, 5.74) is 2.30. The highest BCUT2D eigenvalue weighted by atomic mass is 35.5. The van der Waals surface area contributed by atoms with E-state index in [0.717, 1.165) is 5.69 Å². The number of thiocarbonyl (C=S) groups is 1. The van der Waals surface area contributed by atoms with Crippen molar-refractivity contribution in [2.24, 2.45) is 0 Å². The Bertz CT molecular complexity index is 964. The van der Waals surface area contributed by atoms with E-state index < -0.39 is 0 Å². The normalized spacial score (nSPS) is 10.6. The SMILES string of the molecule is Cc1[nH]n(-c2ccccc2)c(=O)c1C(=S)Nc1ccc(Cl)c(Cl)c1. The maximum atomic E-state index is 12.7. The number of hydrogen-bond acceptors (Lipinski definition) is 2. The van der Waals surface area contributed by atoms with E-state index in [1.165, 1.54) is 4.68 Å². The molecule has 3 rings (SSSR count). The summed E-state index contributed by atoms with van der Waals surface area (Å²) in [5.74, 6) is 0. The predicted octanol–water partition coefficient (Wildman–Crippen LogP) is 4.57. The maximum absolute atomic E-state index is 12.7. The van der Waals surface area contributed by atoms with Gasteiger partial charge in [-0.2, -0.15) is 0 Å². The van der Waals surface area contributed by atoms with E-state index in [1.54, 1.807) is 25.1 Å². The van der Waals surface area contributed by atoms with Crippen LogP contribution in [0.5, 0.6) is 0 Å². The first-order valence-electron chi connectivity index (χ1n) is 7.11. The molecule has 0 saturated heterocycles. The third kappa shape index (κ3) is 3.24. The number of halogens is 2. The number of nitrogens with zero attached hydrogens (tertiary/aromatic N) is 1. The maximum Gasteiger partial charge on any atom is 0.281 e. The molecule has 1 aromatic heterocycles. The summed E-state index contributed by atoms with van der Waals surface area (Å²) in [6, 6.07) is 14.4. The fourth-order valence-electron chi connectivity index (χ4n) is 2.34. The topological polar surface area (TPSA) is 49.8 Å². The zero-order valence-corrected chi connectivity index (χ0v) is 15.0. The van der Waals surface area contributed by atoms with Crippen molar-refractivity contribution in [1.29, 1.82) is 0 Å². The molecule has 0 aliphatic rings. The number of aromatic amines is 1. The van der Waals surface area contributed by atoms with Gasteiger partial charge < -0.3 is 5.32 Å². The minimum atomic E-state index is -0.212. The molecule has 1 heterocycles. The molecule has 0 aliphatic carbocycles. The van der Waals surface area contributed by atoms with Crippen molar-refractivity contribution in [1.82, 2.24) is 9.78 Å². The fraction of sp³-hybridized carbons (Fsp3) is 0.0588. The number of benzene rings is 2. The summed E-state index contributed by atoms with van der Waals surface area (Å²) in [6.45, 7) is 1.80. The van der Waals surface area contributed by atoms with Gasteiger partial charge in [0.2, 0.25) is 0 Å². The van der Waals surface area contributed by atoms with Gasteiger partial charge in [0.15, 0.2) is 0 Å². The smallest absolute Gasteiger partial charge is 0.281 e. The van der Waals surface area contributed by atoms with Gasteiger partial charge in [-0.25, -0.2) is 4.68 Å². The minimum absolute atomic E-state index is 0.212. The number of hydrogen-bond donors (Lipinski definition) is 2. The highest BCUT2D eigenvalue weighted by Crippen LogP contribution is 2.25. The molecule has 0 unspecified atom stereocenters. The predicted molar refractivity (Wildman–Crippen MR) is 103 cm³/mol. The number of rotatable bonds is 3. The second-order valence-corrected chi connectivity index (χ2v) is 6.39. The van der Waals surface area contributed by atoms with E-state index in [2.05, 4.69) is 10.4 Å². The van der Waals surface area contributed by atoms with E-state index in [9.17, 15) is 4.79 Å². The molecule has 2 N–H and O–H groups in total. The van der Waals surface area contributed by atoms with Crippen molar-refractivity contribution in [2.75, 3.05) is 5.32 Å². The van der Waals surface area contributed by atoms with Crippen LogP contribution in [0.1, 0.15) is 11.3 Å². The summed E-state index contributed by atoms with van der Waals surface area (Å²) < 4.78 is 1.47. The molecule has 0 spiro atoms. The molecule has 122 valence electrons. The van der Waals surface area contributed by atoms with E-state index >= 15 is 0 Å². The Morgan fingerprint density at radius 2 is 1.83 bits per heavy atom. The molecule has 0 radical (unpaired) electrons.